The first-order valence-electron chi connectivity index (χ1n) is 8.18. The molecule has 1 aromatic heterocycles. The molecule has 112 valence electrons. The fraction of sp³-hybridized carbons (Fsp3) is 0.706. The van der Waals surface area contributed by atoms with Crippen LogP contribution in [0, 0.1) is 5.92 Å². The normalized spacial score (nSPS) is 20.8. The Morgan fingerprint density at radius 2 is 2.15 bits per heavy atom. The molecule has 1 saturated heterocycles. The molecule has 20 heavy (non-hydrogen) atoms. The van der Waals surface area contributed by atoms with E-state index in [0.29, 0.717) is 0 Å². The Hall–Kier alpha value is -0.930. The Balaban J connectivity index is 1.83. The van der Waals surface area contributed by atoms with E-state index in [1.54, 1.807) is 0 Å². The molecule has 3 nitrogen and oxygen atoms in total. The van der Waals surface area contributed by atoms with Crippen LogP contribution in [0.2, 0.25) is 0 Å². The van der Waals surface area contributed by atoms with Crippen LogP contribution in [0.1, 0.15) is 50.8 Å². The van der Waals surface area contributed by atoms with Crippen LogP contribution in [0.15, 0.2) is 18.3 Å². The quantitative estimate of drug-likeness (QED) is 0.864. The Bertz CT molecular complexity index is 374. The number of pyridine rings is 1. The third-order valence-corrected chi connectivity index (χ3v) is 4.37. The largest absolute Gasteiger partial charge is 0.313 e. The summed E-state index contributed by atoms with van der Waals surface area (Å²) in [4.78, 5) is 7.19. The summed E-state index contributed by atoms with van der Waals surface area (Å²) >= 11 is 0. The summed E-state index contributed by atoms with van der Waals surface area (Å²) in [6.45, 7) is 9.87. The van der Waals surface area contributed by atoms with Gasteiger partial charge in [-0.05, 0) is 56.4 Å². The summed E-state index contributed by atoms with van der Waals surface area (Å²) in [5, 5.41) is 3.33. The highest BCUT2D eigenvalue weighted by atomic mass is 15.1. The van der Waals surface area contributed by atoms with E-state index in [-0.39, 0.29) is 0 Å². The summed E-state index contributed by atoms with van der Waals surface area (Å²) in [7, 11) is 0. The van der Waals surface area contributed by atoms with Gasteiger partial charge in [-0.3, -0.25) is 9.88 Å². The van der Waals surface area contributed by atoms with Crippen molar-refractivity contribution in [3.63, 3.8) is 0 Å². The van der Waals surface area contributed by atoms with Crippen LogP contribution in [-0.2, 0) is 13.1 Å². The van der Waals surface area contributed by atoms with Crippen LogP contribution in [-0.4, -0.2) is 29.5 Å². The second kappa shape index (κ2) is 8.38. The molecule has 2 heterocycles. The first-order chi connectivity index (χ1) is 9.81. The van der Waals surface area contributed by atoms with Crippen molar-refractivity contribution >= 4 is 0 Å². The molecule has 1 fully saturated rings. The minimum Gasteiger partial charge on any atom is -0.313 e. The van der Waals surface area contributed by atoms with E-state index < -0.39 is 0 Å². The van der Waals surface area contributed by atoms with E-state index in [2.05, 4.69) is 41.2 Å². The van der Waals surface area contributed by atoms with Gasteiger partial charge in [0.2, 0.25) is 0 Å². The van der Waals surface area contributed by atoms with Crippen molar-refractivity contribution in [3.8, 4) is 0 Å². The monoisotopic (exact) mass is 275 g/mol. The van der Waals surface area contributed by atoms with Crippen LogP contribution in [0.5, 0.6) is 0 Å². The first kappa shape index (κ1) is 15.5. The minimum atomic E-state index is 0.922. The predicted octanol–water partition coefficient (Wildman–Crippen LogP) is 3.20. The highest BCUT2D eigenvalue weighted by Gasteiger charge is 2.15. The summed E-state index contributed by atoms with van der Waals surface area (Å²) in [5.74, 6) is 0.940. The lowest BCUT2D eigenvalue weighted by Crippen LogP contribution is -2.24. The van der Waals surface area contributed by atoms with Gasteiger partial charge in [0, 0.05) is 19.3 Å². The molecule has 0 aliphatic carbocycles. The van der Waals surface area contributed by atoms with E-state index in [1.165, 1.54) is 50.0 Å². The molecule has 1 N–H and O–H groups in total. The second-order valence-electron chi connectivity index (χ2n) is 5.92. The van der Waals surface area contributed by atoms with Crippen molar-refractivity contribution in [1.82, 2.24) is 15.2 Å². The zero-order chi connectivity index (χ0) is 14.2. The van der Waals surface area contributed by atoms with Crippen LogP contribution in [0.25, 0.3) is 0 Å². The Morgan fingerprint density at radius 3 is 2.85 bits per heavy atom. The molecule has 0 radical (unpaired) electrons. The van der Waals surface area contributed by atoms with Gasteiger partial charge in [0.05, 0.1) is 5.69 Å². The number of nitrogens with zero attached hydrogens (tertiary/aromatic N) is 2. The number of hydrogen-bond acceptors (Lipinski definition) is 3. The standard InChI is InChI=1S/C17H29N3/c1-3-15-6-5-10-20(11-9-15)14-17-8-7-16(13-19-17)12-18-4-2/h7-8,13,15,18H,3-6,9-12,14H2,1-2H3. The van der Waals surface area contributed by atoms with Gasteiger partial charge in [-0.2, -0.15) is 0 Å². The number of aromatic nitrogens is 1. The van der Waals surface area contributed by atoms with Gasteiger partial charge in [-0.25, -0.2) is 0 Å². The molecule has 0 amide bonds. The van der Waals surface area contributed by atoms with Crippen LogP contribution in [0.4, 0.5) is 0 Å². The number of rotatable bonds is 6. The Morgan fingerprint density at radius 1 is 1.25 bits per heavy atom. The molecule has 1 aromatic rings. The second-order valence-corrected chi connectivity index (χ2v) is 5.92. The van der Waals surface area contributed by atoms with Gasteiger partial charge in [0.15, 0.2) is 0 Å². The maximum Gasteiger partial charge on any atom is 0.0544 e. The van der Waals surface area contributed by atoms with Crippen molar-refractivity contribution in [3.05, 3.63) is 29.6 Å². The fourth-order valence-corrected chi connectivity index (χ4v) is 2.94. The topological polar surface area (TPSA) is 28.2 Å². The molecule has 3 heteroatoms. The van der Waals surface area contributed by atoms with E-state index in [0.717, 1.165) is 25.6 Å². The summed E-state index contributed by atoms with van der Waals surface area (Å²) < 4.78 is 0. The number of nitrogens with one attached hydrogen (secondary N) is 1. The van der Waals surface area contributed by atoms with Gasteiger partial charge < -0.3 is 5.32 Å². The average molecular weight is 275 g/mol. The third kappa shape index (κ3) is 4.88. The van der Waals surface area contributed by atoms with Crippen LogP contribution < -0.4 is 5.32 Å². The van der Waals surface area contributed by atoms with Crippen molar-refractivity contribution in [1.29, 1.82) is 0 Å². The molecule has 1 aliphatic rings. The van der Waals surface area contributed by atoms with E-state index in [4.69, 9.17) is 0 Å². The van der Waals surface area contributed by atoms with E-state index >= 15 is 0 Å². The maximum atomic E-state index is 4.61. The van der Waals surface area contributed by atoms with Crippen LogP contribution in [0.3, 0.4) is 0 Å². The highest BCUT2D eigenvalue weighted by Crippen LogP contribution is 2.21. The fourth-order valence-electron chi connectivity index (χ4n) is 2.94. The van der Waals surface area contributed by atoms with Gasteiger partial charge in [-0.1, -0.05) is 26.3 Å². The Labute approximate surface area is 123 Å². The molecule has 0 spiro atoms. The first-order valence-corrected chi connectivity index (χ1v) is 8.18. The van der Waals surface area contributed by atoms with Gasteiger partial charge in [0.1, 0.15) is 0 Å². The van der Waals surface area contributed by atoms with Gasteiger partial charge >= 0.3 is 0 Å². The molecule has 2 rings (SSSR count). The van der Waals surface area contributed by atoms with Crippen molar-refractivity contribution in [2.75, 3.05) is 19.6 Å². The van der Waals surface area contributed by atoms with Gasteiger partial charge in [0.25, 0.3) is 0 Å². The lowest BCUT2D eigenvalue weighted by atomic mass is 9.98. The predicted molar refractivity (Wildman–Crippen MR) is 84.5 cm³/mol. The lowest BCUT2D eigenvalue weighted by Gasteiger charge is -2.19. The van der Waals surface area contributed by atoms with Crippen molar-refractivity contribution in [2.24, 2.45) is 5.92 Å². The molecule has 1 unspecified atom stereocenters. The summed E-state index contributed by atoms with van der Waals surface area (Å²) in [6.07, 6.45) is 7.46. The van der Waals surface area contributed by atoms with Crippen LogP contribution >= 0.6 is 0 Å². The van der Waals surface area contributed by atoms with E-state index in [1.807, 2.05) is 6.20 Å². The molecule has 1 aliphatic heterocycles. The molecular formula is C17H29N3. The highest BCUT2D eigenvalue weighted by molar-refractivity contribution is 5.14. The third-order valence-electron chi connectivity index (χ3n) is 4.37. The van der Waals surface area contributed by atoms with E-state index in [9.17, 15) is 0 Å². The summed E-state index contributed by atoms with van der Waals surface area (Å²) in [6, 6.07) is 4.40. The zero-order valence-corrected chi connectivity index (χ0v) is 13.1. The Kier molecular flexibility index (Phi) is 6.48. The number of likely N-dealkylation sites (tertiary alicyclic amines) is 1. The SMILES string of the molecule is CCNCc1ccc(CN2CCCC(CC)CC2)nc1. The molecule has 0 bridgehead atoms. The molecule has 0 aromatic carbocycles. The maximum absolute atomic E-state index is 4.61. The lowest BCUT2D eigenvalue weighted by molar-refractivity contribution is 0.269. The number of hydrogen-bond donors (Lipinski definition) is 1. The average Bonchev–Trinajstić information content (AvgIpc) is 2.72. The zero-order valence-electron chi connectivity index (χ0n) is 13.1. The summed E-state index contributed by atoms with van der Waals surface area (Å²) in [5.41, 5.74) is 2.48. The molecule has 0 saturated carbocycles. The van der Waals surface area contributed by atoms with Crippen molar-refractivity contribution < 1.29 is 0 Å². The minimum absolute atomic E-state index is 0.922. The van der Waals surface area contributed by atoms with Crippen molar-refractivity contribution in [2.45, 2.75) is 52.6 Å². The van der Waals surface area contributed by atoms with Gasteiger partial charge in [-0.15, -0.1) is 0 Å². The molecular weight excluding hydrogens is 246 g/mol. The smallest absolute Gasteiger partial charge is 0.0544 e. The molecule has 1 atom stereocenters.